The van der Waals surface area contributed by atoms with Crippen LogP contribution in [-0.4, -0.2) is 34.0 Å². The van der Waals surface area contributed by atoms with Gasteiger partial charge in [-0.25, -0.2) is 0 Å². The molecule has 0 heterocycles. The Balaban J connectivity index is 0. The number of rotatable bonds is 1. The third-order valence-corrected chi connectivity index (χ3v) is 1.27. The SMILES string of the molecule is CCCI.[NaH]. The predicted molar refractivity (Wildman–Crippen MR) is 36.3 cm³/mol. The Morgan fingerprint density at radius 1 is 1.60 bits per heavy atom. The van der Waals surface area contributed by atoms with Crippen molar-refractivity contribution in [3.63, 3.8) is 0 Å². The molecule has 0 radical (unpaired) electrons. The van der Waals surface area contributed by atoms with Crippen molar-refractivity contribution >= 4 is 52.1 Å². The fourth-order valence-corrected chi connectivity index (χ4v) is 0. The minimum atomic E-state index is 0. The van der Waals surface area contributed by atoms with E-state index in [1.165, 1.54) is 10.8 Å². The molecule has 28 valence electrons. The zero-order valence-electron chi connectivity index (χ0n) is 2.79. The van der Waals surface area contributed by atoms with Gasteiger partial charge in [0.1, 0.15) is 0 Å². The van der Waals surface area contributed by atoms with Crippen molar-refractivity contribution < 1.29 is 0 Å². The molecule has 0 spiro atoms. The summed E-state index contributed by atoms with van der Waals surface area (Å²) in [5.41, 5.74) is 0. The molecule has 0 aliphatic rings. The van der Waals surface area contributed by atoms with Gasteiger partial charge in [-0.05, 0) is 10.8 Å². The zero-order chi connectivity index (χ0) is 3.41. The van der Waals surface area contributed by atoms with E-state index in [0.717, 1.165) is 0 Å². The molecule has 0 fully saturated rings. The van der Waals surface area contributed by atoms with Gasteiger partial charge in [-0.2, -0.15) is 0 Å². The van der Waals surface area contributed by atoms with E-state index in [2.05, 4.69) is 29.5 Å². The van der Waals surface area contributed by atoms with Gasteiger partial charge >= 0.3 is 29.6 Å². The summed E-state index contributed by atoms with van der Waals surface area (Å²) in [4.78, 5) is 0. The summed E-state index contributed by atoms with van der Waals surface area (Å²) in [5.74, 6) is 0. The standard InChI is InChI=1S/C3H7I.Na.H/c1-2-3-4;;/h2-3H2,1H3;;. The van der Waals surface area contributed by atoms with Crippen molar-refractivity contribution in [1.82, 2.24) is 0 Å². The van der Waals surface area contributed by atoms with Crippen LogP contribution in [0, 0.1) is 0 Å². The maximum atomic E-state index is 2.35. The molecule has 0 aromatic carbocycles. The monoisotopic (exact) mass is 194 g/mol. The Kier molecular flexibility index (Phi) is 18.2. The third-order valence-electron chi connectivity index (χ3n) is 0.189. The molecule has 2 heteroatoms. The molecule has 0 rings (SSSR count). The van der Waals surface area contributed by atoms with E-state index in [9.17, 15) is 0 Å². The Morgan fingerprint density at radius 2 is 1.80 bits per heavy atom. The van der Waals surface area contributed by atoms with E-state index >= 15 is 0 Å². The molecular formula is C3H8INa. The van der Waals surface area contributed by atoms with Gasteiger partial charge in [0.2, 0.25) is 0 Å². The first kappa shape index (κ1) is 9.88. The molecular weight excluding hydrogens is 186 g/mol. The van der Waals surface area contributed by atoms with E-state index in [-0.39, 0.29) is 29.6 Å². The normalized spacial score (nSPS) is 6.00. The Labute approximate surface area is 69.1 Å². The Morgan fingerprint density at radius 3 is 1.80 bits per heavy atom. The molecule has 0 saturated carbocycles. The summed E-state index contributed by atoms with van der Waals surface area (Å²) in [6.07, 6.45) is 1.31. The van der Waals surface area contributed by atoms with Crippen molar-refractivity contribution in [2.75, 3.05) is 4.43 Å². The predicted octanol–water partition coefficient (Wildman–Crippen LogP) is 1.18. The topological polar surface area (TPSA) is 0 Å². The van der Waals surface area contributed by atoms with Gasteiger partial charge in [-0.15, -0.1) is 0 Å². The molecule has 0 aliphatic carbocycles. The van der Waals surface area contributed by atoms with Crippen molar-refractivity contribution in [2.45, 2.75) is 13.3 Å². The maximum absolute atomic E-state index is 2.35. The third kappa shape index (κ3) is 10.7. The van der Waals surface area contributed by atoms with Gasteiger partial charge in [0.15, 0.2) is 0 Å². The molecule has 0 N–H and O–H groups in total. The van der Waals surface area contributed by atoms with E-state index in [1.807, 2.05) is 0 Å². The van der Waals surface area contributed by atoms with Gasteiger partial charge < -0.3 is 0 Å². The van der Waals surface area contributed by atoms with E-state index < -0.39 is 0 Å². The zero-order valence-corrected chi connectivity index (χ0v) is 4.95. The van der Waals surface area contributed by atoms with Crippen LogP contribution in [0.5, 0.6) is 0 Å². The Bertz CT molecular complexity index is 8.85. The van der Waals surface area contributed by atoms with Crippen LogP contribution in [0.25, 0.3) is 0 Å². The molecule has 5 heavy (non-hydrogen) atoms. The fourth-order valence-electron chi connectivity index (χ4n) is 0. The van der Waals surface area contributed by atoms with E-state index in [0.29, 0.717) is 0 Å². The van der Waals surface area contributed by atoms with Gasteiger partial charge in [-0.1, -0.05) is 29.5 Å². The van der Waals surface area contributed by atoms with Crippen LogP contribution in [-0.2, 0) is 0 Å². The van der Waals surface area contributed by atoms with Gasteiger partial charge in [0, 0.05) is 0 Å². The molecule has 0 unspecified atom stereocenters. The fraction of sp³-hybridized carbons (Fsp3) is 1.00. The van der Waals surface area contributed by atoms with Crippen molar-refractivity contribution in [1.29, 1.82) is 0 Å². The molecule has 0 atom stereocenters. The minimum absolute atomic E-state index is 0. The summed E-state index contributed by atoms with van der Waals surface area (Å²) >= 11 is 2.35. The van der Waals surface area contributed by atoms with Crippen LogP contribution in [0.3, 0.4) is 0 Å². The summed E-state index contributed by atoms with van der Waals surface area (Å²) < 4.78 is 1.29. The Hall–Kier alpha value is 1.73. The molecule has 0 bridgehead atoms. The average molecular weight is 194 g/mol. The molecule has 0 saturated heterocycles. The first-order valence-corrected chi connectivity index (χ1v) is 3.00. The number of alkyl halides is 1. The van der Waals surface area contributed by atoms with Gasteiger partial charge in [0.25, 0.3) is 0 Å². The van der Waals surface area contributed by atoms with E-state index in [1.54, 1.807) is 0 Å². The van der Waals surface area contributed by atoms with Crippen LogP contribution in [0.2, 0.25) is 0 Å². The van der Waals surface area contributed by atoms with Crippen LogP contribution in [0.15, 0.2) is 0 Å². The summed E-state index contributed by atoms with van der Waals surface area (Å²) in [6.45, 7) is 2.17. The van der Waals surface area contributed by atoms with Crippen molar-refractivity contribution in [2.24, 2.45) is 0 Å². The molecule has 0 aliphatic heterocycles. The molecule has 0 nitrogen and oxygen atoms in total. The van der Waals surface area contributed by atoms with Crippen molar-refractivity contribution in [3.05, 3.63) is 0 Å². The molecule has 0 aromatic heterocycles. The summed E-state index contributed by atoms with van der Waals surface area (Å²) in [7, 11) is 0. The first-order valence-electron chi connectivity index (χ1n) is 1.47. The van der Waals surface area contributed by atoms with E-state index in [4.69, 9.17) is 0 Å². The summed E-state index contributed by atoms with van der Waals surface area (Å²) in [5, 5.41) is 0. The first-order chi connectivity index (χ1) is 1.91. The summed E-state index contributed by atoms with van der Waals surface area (Å²) in [6, 6.07) is 0. The molecule has 0 amide bonds. The van der Waals surface area contributed by atoms with Crippen LogP contribution in [0.1, 0.15) is 13.3 Å². The number of hydrogen-bond acceptors (Lipinski definition) is 0. The average Bonchev–Trinajstić information content (AvgIpc) is 1.37. The number of hydrogen-bond donors (Lipinski definition) is 0. The quantitative estimate of drug-likeness (QED) is 0.334. The van der Waals surface area contributed by atoms with Crippen LogP contribution in [0.4, 0.5) is 0 Å². The number of halogens is 1. The second-order valence-electron chi connectivity index (χ2n) is 0.689. The molecule has 0 aromatic rings. The second kappa shape index (κ2) is 9.21. The van der Waals surface area contributed by atoms with Crippen LogP contribution < -0.4 is 0 Å². The van der Waals surface area contributed by atoms with Gasteiger partial charge in [-0.3, -0.25) is 0 Å². The van der Waals surface area contributed by atoms with Crippen LogP contribution >= 0.6 is 22.6 Å². The second-order valence-corrected chi connectivity index (χ2v) is 1.77. The van der Waals surface area contributed by atoms with Crippen molar-refractivity contribution in [3.8, 4) is 0 Å². The van der Waals surface area contributed by atoms with Gasteiger partial charge in [0.05, 0.1) is 0 Å².